The van der Waals surface area contributed by atoms with Crippen LogP contribution in [0, 0.1) is 0 Å². The van der Waals surface area contributed by atoms with Gasteiger partial charge in [-0.25, -0.2) is 0 Å². The molecule has 0 aromatic rings. The molecule has 0 spiro atoms. The number of nitrogens with zero attached hydrogens (tertiary/aromatic N) is 2. The molecule has 0 aliphatic heterocycles. The van der Waals surface area contributed by atoms with E-state index in [9.17, 15) is 5.11 Å². The van der Waals surface area contributed by atoms with E-state index in [1.807, 2.05) is 6.92 Å². The van der Waals surface area contributed by atoms with Crippen LogP contribution >= 0.6 is 0 Å². The maximum atomic E-state index is 9.43. The minimum Gasteiger partial charge on any atom is -0.392 e. The lowest BCUT2D eigenvalue weighted by atomic mass is 10.2. The summed E-state index contributed by atoms with van der Waals surface area (Å²) in [6, 6.07) is 0. The van der Waals surface area contributed by atoms with Gasteiger partial charge in [-0.15, -0.1) is 0 Å². The first kappa shape index (κ1) is 19.8. The van der Waals surface area contributed by atoms with E-state index >= 15 is 0 Å². The van der Waals surface area contributed by atoms with E-state index < -0.39 is 0 Å². The van der Waals surface area contributed by atoms with Crippen molar-refractivity contribution in [1.82, 2.24) is 9.80 Å². The Labute approximate surface area is 124 Å². The largest absolute Gasteiger partial charge is 0.392 e. The molecule has 20 heavy (non-hydrogen) atoms. The van der Waals surface area contributed by atoms with Crippen LogP contribution in [0.25, 0.3) is 0 Å². The summed E-state index contributed by atoms with van der Waals surface area (Å²) in [5.74, 6) is 0. The highest BCUT2D eigenvalue weighted by atomic mass is 16.3. The lowest BCUT2D eigenvalue weighted by molar-refractivity contribution is 0.127. The molecule has 0 aliphatic carbocycles. The van der Waals surface area contributed by atoms with E-state index in [-0.39, 0.29) is 6.10 Å². The molecule has 6 heteroatoms. The Hall–Kier alpha value is -0.240. The highest BCUT2D eigenvalue weighted by Gasteiger charge is 2.07. The summed E-state index contributed by atoms with van der Waals surface area (Å²) in [6.45, 7) is 9.36. The third-order valence-electron chi connectivity index (χ3n) is 3.31. The van der Waals surface area contributed by atoms with Crippen molar-refractivity contribution in [3.8, 4) is 0 Å². The summed E-state index contributed by atoms with van der Waals surface area (Å²) >= 11 is 0. The van der Waals surface area contributed by atoms with Crippen LogP contribution in [0.1, 0.15) is 26.2 Å². The van der Waals surface area contributed by atoms with Gasteiger partial charge in [0.1, 0.15) is 0 Å². The maximum Gasteiger partial charge on any atom is 0.0639 e. The molecule has 0 aromatic carbocycles. The van der Waals surface area contributed by atoms with Gasteiger partial charge >= 0.3 is 0 Å². The zero-order valence-electron chi connectivity index (χ0n) is 13.1. The van der Waals surface area contributed by atoms with Crippen molar-refractivity contribution in [2.45, 2.75) is 32.3 Å². The Bertz CT molecular complexity index is 198. The van der Waals surface area contributed by atoms with Crippen LogP contribution in [0.2, 0.25) is 0 Å². The second kappa shape index (κ2) is 13.7. The predicted octanol–water partition coefficient (Wildman–Crippen LogP) is -0.982. The topological polar surface area (TPSA) is 105 Å². The van der Waals surface area contributed by atoms with Crippen molar-refractivity contribution < 1.29 is 5.11 Å². The van der Waals surface area contributed by atoms with Gasteiger partial charge in [-0.3, -0.25) is 4.90 Å². The van der Waals surface area contributed by atoms with Crippen molar-refractivity contribution >= 4 is 0 Å². The molecule has 122 valence electrons. The van der Waals surface area contributed by atoms with Crippen molar-refractivity contribution in [2.75, 3.05) is 58.9 Å². The van der Waals surface area contributed by atoms with E-state index in [1.54, 1.807) is 0 Å². The smallest absolute Gasteiger partial charge is 0.0639 e. The quantitative estimate of drug-likeness (QED) is 0.306. The molecule has 6 nitrogen and oxygen atoms in total. The minimum absolute atomic E-state index is 0.286. The fraction of sp³-hybridized carbons (Fsp3) is 1.00. The van der Waals surface area contributed by atoms with Crippen LogP contribution in [0.4, 0.5) is 0 Å². The third kappa shape index (κ3) is 11.6. The van der Waals surface area contributed by atoms with Crippen LogP contribution < -0.4 is 17.2 Å². The SMILES string of the molecule is CC(O)CN(CCN)CCCCCN(CCN)CCN. The van der Waals surface area contributed by atoms with Gasteiger partial charge in [-0.1, -0.05) is 6.42 Å². The van der Waals surface area contributed by atoms with E-state index in [0.717, 1.165) is 39.1 Å². The van der Waals surface area contributed by atoms with Gasteiger partial charge in [-0.2, -0.15) is 0 Å². The van der Waals surface area contributed by atoms with Crippen LogP contribution in [-0.2, 0) is 0 Å². The Morgan fingerprint density at radius 2 is 1.20 bits per heavy atom. The highest BCUT2D eigenvalue weighted by molar-refractivity contribution is 4.63. The molecule has 1 atom stereocenters. The van der Waals surface area contributed by atoms with Gasteiger partial charge in [0, 0.05) is 45.8 Å². The molecular formula is C14H35N5O. The predicted molar refractivity (Wildman–Crippen MR) is 85.6 cm³/mol. The zero-order chi connectivity index (χ0) is 15.2. The molecule has 0 saturated carbocycles. The molecule has 0 aromatic heterocycles. The van der Waals surface area contributed by atoms with E-state index in [2.05, 4.69) is 9.80 Å². The molecule has 7 N–H and O–H groups in total. The molecule has 0 aliphatic rings. The number of hydrogen-bond acceptors (Lipinski definition) is 6. The molecule has 0 heterocycles. The fourth-order valence-corrected chi connectivity index (χ4v) is 2.40. The number of rotatable bonds is 14. The summed E-state index contributed by atoms with van der Waals surface area (Å²) in [5.41, 5.74) is 16.8. The van der Waals surface area contributed by atoms with E-state index in [1.165, 1.54) is 12.8 Å². The second-order valence-electron chi connectivity index (χ2n) is 5.42. The summed E-state index contributed by atoms with van der Waals surface area (Å²) < 4.78 is 0. The van der Waals surface area contributed by atoms with Crippen LogP contribution in [-0.4, -0.2) is 79.9 Å². The highest BCUT2D eigenvalue weighted by Crippen LogP contribution is 2.02. The Kier molecular flexibility index (Phi) is 13.6. The standard InChI is InChI=1S/C14H35N5O/c1-14(20)13-19(12-7-17)9-4-2-3-8-18(10-5-15)11-6-16/h14,20H,2-13,15-17H2,1H3. The first-order valence-corrected chi connectivity index (χ1v) is 7.87. The molecule has 0 bridgehead atoms. The van der Waals surface area contributed by atoms with Crippen LogP contribution in [0.3, 0.4) is 0 Å². The summed E-state index contributed by atoms with van der Waals surface area (Å²) in [5, 5.41) is 9.43. The van der Waals surface area contributed by atoms with Crippen molar-refractivity contribution in [3.63, 3.8) is 0 Å². The van der Waals surface area contributed by atoms with Gasteiger partial charge in [0.15, 0.2) is 0 Å². The second-order valence-corrected chi connectivity index (χ2v) is 5.42. The van der Waals surface area contributed by atoms with E-state index in [4.69, 9.17) is 17.2 Å². The van der Waals surface area contributed by atoms with Gasteiger partial charge in [0.2, 0.25) is 0 Å². The molecule has 0 fully saturated rings. The Balaban J connectivity index is 3.70. The summed E-state index contributed by atoms with van der Waals surface area (Å²) in [7, 11) is 0. The molecule has 1 unspecified atom stereocenters. The first-order chi connectivity index (χ1) is 9.63. The van der Waals surface area contributed by atoms with Crippen LogP contribution in [0.15, 0.2) is 0 Å². The summed E-state index contributed by atoms with van der Waals surface area (Å²) in [4.78, 5) is 4.57. The monoisotopic (exact) mass is 289 g/mol. The Morgan fingerprint density at radius 1 is 0.750 bits per heavy atom. The maximum absolute atomic E-state index is 9.43. The van der Waals surface area contributed by atoms with Crippen molar-refractivity contribution in [3.05, 3.63) is 0 Å². The normalized spacial score (nSPS) is 13.3. The van der Waals surface area contributed by atoms with Gasteiger partial charge < -0.3 is 27.2 Å². The fourth-order valence-electron chi connectivity index (χ4n) is 2.40. The number of hydrogen-bond donors (Lipinski definition) is 4. The summed E-state index contributed by atoms with van der Waals surface area (Å²) in [6.07, 6.45) is 3.22. The average Bonchev–Trinajstić information content (AvgIpc) is 2.38. The van der Waals surface area contributed by atoms with Crippen LogP contribution in [0.5, 0.6) is 0 Å². The van der Waals surface area contributed by atoms with Gasteiger partial charge in [0.05, 0.1) is 6.10 Å². The number of nitrogens with two attached hydrogens (primary N) is 3. The zero-order valence-corrected chi connectivity index (χ0v) is 13.1. The number of aliphatic hydroxyl groups is 1. The third-order valence-corrected chi connectivity index (χ3v) is 3.31. The molecular weight excluding hydrogens is 254 g/mol. The van der Waals surface area contributed by atoms with E-state index in [0.29, 0.717) is 26.2 Å². The van der Waals surface area contributed by atoms with Crippen molar-refractivity contribution in [2.24, 2.45) is 17.2 Å². The van der Waals surface area contributed by atoms with Crippen molar-refractivity contribution in [1.29, 1.82) is 0 Å². The number of aliphatic hydroxyl groups excluding tert-OH is 1. The number of unbranched alkanes of at least 4 members (excludes halogenated alkanes) is 2. The van der Waals surface area contributed by atoms with Gasteiger partial charge in [0.25, 0.3) is 0 Å². The first-order valence-electron chi connectivity index (χ1n) is 7.87. The van der Waals surface area contributed by atoms with Gasteiger partial charge in [-0.05, 0) is 32.9 Å². The molecule has 0 amide bonds. The minimum atomic E-state index is -0.286. The lowest BCUT2D eigenvalue weighted by Crippen LogP contribution is -2.36. The molecule has 0 saturated heterocycles. The molecule has 0 radical (unpaired) electrons. The lowest BCUT2D eigenvalue weighted by Gasteiger charge is -2.23. The molecule has 0 rings (SSSR count). The Morgan fingerprint density at radius 3 is 1.65 bits per heavy atom. The average molecular weight is 289 g/mol.